The van der Waals surface area contributed by atoms with E-state index in [4.69, 9.17) is 6.42 Å². The van der Waals surface area contributed by atoms with Crippen molar-refractivity contribution in [1.29, 1.82) is 0 Å². The first-order valence-corrected chi connectivity index (χ1v) is 5.34. The zero-order valence-electron chi connectivity index (χ0n) is 8.92. The molecule has 2 unspecified atom stereocenters. The summed E-state index contributed by atoms with van der Waals surface area (Å²) in [6, 6.07) is 0. The molecule has 1 fully saturated rings. The van der Waals surface area contributed by atoms with Crippen LogP contribution in [0.5, 0.6) is 0 Å². The summed E-state index contributed by atoms with van der Waals surface area (Å²) in [6.45, 7) is 4.35. The van der Waals surface area contributed by atoms with E-state index >= 15 is 0 Å². The van der Waals surface area contributed by atoms with Gasteiger partial charge in [-0.3, -0.25) is 4.90 Å². The van der Waals surface area contributed by atoms with E-state index in [1.165, 1.54) is 32.2 Å². The fraction of sp³-hybridized carbons (Fsp3) is 0.833. The zero-order valence-corrected chi connectivity index (χ0v) is 8.92. The first-order chi connectivity index (χ1) is 6.22. The summed E-state index contributed by atoms with van der Waals surface area (Å²) in [6.07, 6.45) is 10.9. The molecule has 2 atom stereocenters. The predicted molar refractivity (Wildman–Crippen MR) is 57.5 cm³/mol. The number of hydrogen-bond acceptors (Lipinski definition) is 1. The van der Waals surface area contributed by atoms with Gasteiger partial charge in [-0.15, -0.1) is 6.42 Å². The normalized spacial score (nSPS) is 28.8. The summed E-state index contributed by atoms with van der Waals surface area (Å²) in [5.74, 6) is 4.51. The Hall–Kier alpha value is -0.480. The average Bonchev–Trinajstić information content (AvgIpc) is 2.04. The molecule has 1 aliphatic carbocycles. The molecule has 0 aliphatic heterocycles. The molecule has 1 nitrogen and oxygen atoms in total. The first-order valence-electron chi connectivity index (χ1n) is 5.34. The van der Waals surface area contributed by atoms with Crippen LogP contribution in [-0.2, 0) is 0 Å². The fourth-order valence-corrected chi connectivity index (χ4v) is 2.39. The second kappa shape index (κ2) is 5.29. The Morgan fingerprint density at radius 2 is 2.23 bits per heavy atom. The third kappa shape index (κ3) is 3.83. The highest BCUT2D eigenvalue weighted by molar-refractivity contribution is 4.88. The molecule has 1 saturated carbocycles. The molecule has 0 aromatic rings. The molecule has 74 valence electrons. The highest BCUT2D eigenvalue weighted by Crippen LogP contribution is 2.28. The molecule has 1 rings (SSSR count). The van der Waals surface area contributed by atoms with Crippen LogP contribution in [0.1, 0.15) is 32.6 Å². The lowest BCUT2D eigenvalue weighted by atomic mass is 9.82. The molecule has 0 amide bonds. The van der Waals surface area contributed by atoms with E-state index in [9.17, 15) is 0 Å². The molecule has 0 aromatic carbocycles. The van der Waals surface area contributed by atoms with Crippen molar-refractivity contribution in [2.45, 2.75) is 32.6 Å². The Labute approximate surface area is 82.5 Å². The Bertz CT molecular complexity index is 180. The maximum absolute atomic E-state index is 5.27. The SMILES string of the molecule is C#CCN(C)CC1CCCC(C)C1. The molecule has 1 aliphatic rings. The van der Waals surface area contributed by atoms with Crippen molar-refractivity contribution in [2.75, 3.05) is 20.1 Å². The van der Waals surface area contributed by atoms with Crippen molar-refractivity contribution in [1.82, 2.24) is 4.90 Å². The van der Waals surface area contributed by atoms with Gasteiger partial charge in [0.05, 0.1) is 6.54 Å². The topological polar surface area (TPSA) is 3.24 Å². The summed E-state index contributed by atoms with van der Waals surface area (Å²) >= 11 is 0. The van der Waals surface area contributed by atoms with E-state index in [0.717, 1.165) is 18.4 Å². The lowest BCUT2D eigenvalue weighted by Crippen LogP contribution is -2.28. The minimum atomic E-state index is 0.797. The first kappa shape index (κ1) is 10.6. The molecule has 0 saturated heterocycles. The number of terminal acetylenes is 1. The lowest BCUT2D eigenvalue weighted by molar-refractivity contribution is 0.215. The average molecular weight is 179 g/mol. The summed E-state index contributed by atoms with van der Waals surface area (Å²) in [4.78, 5) is 2.27. The maximum atomic E-state index is 5.27. The van der Waals surface area contributed by atoms with Crippen LogP contribution in [0.15, 0.2) is 0 Å². The van der Waals surface area contributed by atoms with Crippen LogP contribution < -0.4 is 0 Å². The van der Waals surface area contributed by atoms with Crippen molar-refractivity contribution in [3.05, 3.63) is 0 Å². The molecule has 1 heteroatoms. The van der Waals surface area contributed by atoms with Gasteiger partial charge in [0.2, 0.25) is 0 Å². The fourth-order valence-electron chi connectivity index (χ4n) is 2.39. The predicted octanol–water partition coefficient (Wildman–Crippen LogP) is 2.38. The largest absolute Gasteiger partial charge is 0.295 e. The Morgan fingerprint density at radius 3 is 2.85 bits per heavy atom. The third-order valence-corrected chi connectivity index (χ3v) is 2.98. The minimum absolute atomic E-state index is 0.797. The lowest BCUT2D eigenvalue weighted by Gasteiger charge is -2.29. The van der Waals surface area contributed by atoms with E-state index in [1.54, 1.807) is 0 Å². The minimum Gasteiger partial charge on any atom is -0.295 e. The Kier molecular flexibility index (Phi) is 4.32. The molecule has 0 heterocycles. The van der Waals surface area contributed by atoms with Crippen LogP contribution in [0, 0.1) is 24.2 Å². The number of rotatable bonds is 3. The number of hydrogen-bond donors (Lipinski definition) is 0. The van der Waals surface area contributed by atoms with Crippen LogP contribution >= 0.6 is 0 Å². The quantitative estimate of drug-likeness (QED) is 0.601. The van der Waals surface area contributed by atoms with Crippen LogP contribution in [-0.4, -0.2) is 25.0 Å². The van der Waals surface area contributed by atoms with Crippen molar-refractivity contribution in [3.8, 4) is 12.3 Å². The summed E-state index contributed by atoms with van der Waals surface area (Å²) in [5, 5.41) is 0. The Balaban J connectivity index is 2.24. The van der Waals surface area contributed by atoms with Gasteiger partial charge in [-0.05, 0) is 31.7 Å². The second-order valence-corrected chi connectivity index (χ2v) is 4.54. The van der Waals surface area contributed by atoms with E-state index in [2.05, 4.69) is 24.8 Å². The molecule has 0 spiro atoms. The highest BCUT2D eigenvalue weighted by atomic mass is 15.1. The van der Waals surface area contributed by atoms with Gasteiger partial charge in [-0.1, -0.05) is 25.7 Å². The second-order valence-electron chi connectivity index (χ2n) is 4.54. The molecule has 13 heavy (non-hydrogen) atoms. The van der Waals surface area contributed by atoms with Crippen LogP contribution in [0.25, 0.3) is 0 Å². The Morgan fingerprint density at radius 1 is 1.46 bits per heavy atom. The van der Waals surface area contributed by atoms with E-state index in [-0.39, 0.29) is 0 Å². The van der Waals surface area contributed by atoms with Crippen molar-refractivity contribution in [3.63, 3.8) is 0 Å². The number of nitrogens with zero attached hydrogens (tertiary/aromatic N) is 1. The van der Waals surface area contributed by atoms with Gasteiger partial charge < -0.3 is 0 Å². The molecule has 0 N–H and O–H groups in total. The molecule has 0 radical (unpaired) electrons. The van der Waals surface area contributed by atoms with Gasteiger partial charge in [0.1, 0.15) is 0 Å². The van der Waals surface area contributed by atoms with Gasteiger partial charge >= 0.3 is 0 Å². The summed E-state index contributed by atoms with van der Waals surface area (Å²) in [5.41, 5.74) is 0. The molecule has 0 aromatic heterocycles. The van der Waals surface area contributed by atoms with Crippen LogP contribution in [0.2, 0.25) is 0 Å². The van der Waals surface area contributed by atoms with Crippen molar-refractivity contribution in [2.24, 2.45) is 11.8 Å². The third-order valence-electron chi connectivity index (χ3n) is 2.98. The zero-order chi connectivity index (χ0) is 9.68. The van der Waals surface area contributed by atoms with Crippen LogP contribution in [0.4, 0.5) is 0 Å². The maximum Gasteiger partial charge on any atom is 0.0596 e. The summed E-state index contributed by atoms with van der Waals surface area (Å²) in [7, 11) is 2.12. The van der Waals surface area contributed by atoms with Gasteiger partial charge in [0, 0.05) is 6.54 Å². The van der Waals surface area contributed by atoms with E-state index in [0.29, 0.717) is 0 Å². The highest BCUT2D eigenvalue weighted by Gasteiger charge is 2.19. The van der Waals surface area contributed by atoms with E-state index in [1.807, 2.05) is 0 Å². The van der Waals surface area contributed by atoms with Gasteiger partial charge in [0.25, 0.3) is 0 Å². The molecular formula is C12H21N. The van der Waals surface area contributed by atoms with E-state index < -0.39 is 0 Å². The van der Waals surface area contributed by atoms with Crippen molar-refractivity contribution < 1.29 is 0 Å². The van der Waals surface area contributed by atoms with Gasteiger partial charge in [-0.25, -0.2) is 0 Å². The van der Waals surface area contributed by atoms with Crippen molar-refractivity contribution >= 4 is 0 Å². The monoisotopic (exact) mass is 179 g/mol. The molecular weight excluding hydrogens is 158 g/mol. The van der Waals surface area contributed by atoms with Crippen LogP contribution in [0.3, 0.4) is 0 Å². The smallest absolute Gasteiger partial charge is 0.0596 e. The van der Waals surface area contributed by atoms with Gasteiger partial charge in [0.15, 0.2) is 0 Å². The molecule has 0 bridgehead atoms. The van der Waals surface area contributed by atoms with Gasteiger partial charge in [-0.2, -0.15) is 0 Å². The summed E-state index contributed by atoms with van der Waals surface area (Å²) < 4.78 is 0. The standard InChI is InChI=1S/C12H21N/c1-4-8-13(3)10-12-7-5-6-11(2)9-12/h1,11-12H,5-10H2,2-3H3.